The number of hydrogen-bond acceptors (Lipinski definition) is 4. The Bertz CT molecular complexity index is 260. The van der Waals surface area contributed by atoms with Crippen molar-refractivity contribution in [1.29, 1.82) is 0 Å². The van der Waals surface area contributed by atoms with E-state index in [4.69, 9.17) is 9.47 Å². The van der Waals surface area contributed by atoms with Crippen molar-refractivity contribution < 1.29 is 14.3 Å². The van der Waals surface area contributed by atoms with Crippen LogP contribution >= 0.6 is 0 Å². The Labute approximate surface area is 104 Å². The third-order valence-electron chi connectivity index (χ3n) is 2.99. The van der Waals surface area contributed by atoms with Crippen LogP contribution in [0.4, 0.5) is 0 Å². The highest BCUT2D eigenvalue weighted by atomic mass is 16.6. The SMILES string of the molecule is CCC1COCCN1C(C)C(=O)OC(C)(C)C. The zero-order chi connectivity index (χ0) is 13.1. The highest BCUT2D eigenvalue weighted by Gasteiger charge is 2.32. The maximum Gasteiger partial charge on any atom is 0.323 e. The first-order valence-electron chi connectivity index (χ1n) is 6.41. The Hall–Kier alpha value is -0.610. The van der Waals surface area contributed by atoms with Crippen LogP contribution in [-0.4, -0.2) is 48.3 Å². The molecule has 0 aromatic heterocycles. The largest absolute Gasteiger partial charge is 0.459 e. The van der Waals surface area contributed by atoms with Gasteiger partial charge in [-0.3, -0.25) is 9.69 Å². The van der Waals surface area contributed by atoms with Crippen molar-refractivity contribution in [3.05, 3.63) is 0 Å². The van der Waals surface area contributed by atoms with Gasteiger partial charge >= 0.3 is 5.97 Å². The van der Waals surface area contributed by atoms with Gasteiger partial charge in [-0.05, 0) is 34.1 Å². The van der Waals surface area contributed by atoms with Crippen LogP contribution in [0, 0.1) is 0 Å². The summed E-state index contributed by atoms with van der Waals surface area (Å²) >= 11 is 0. The molecule has 2 atom stereocenters. The van der Waals surface area contributed by atoms with Crippen LogP contribution in [0.15, 0.2) is 0 Å². The van der Waals surface area contributed by atoms with E-state index < -0.39 is 5.60 Å². The normalized spacial score (nSPS) is 24.4. The van der Waals surface area contributed by atoms with E-state index in [0.717, 1.165) is 13.0 Å². The predicted molar refractivity (Wildman–Crippen MR) is 66.9 cm³/mol. The number of nitrogens with zero attached hydrogens (tertiary/aromatic N) is 1. The summed E-state index contributed by atoms with van der Waals surface area (Å²) in [4.78, 5) is 14.2. The molecule has 0 spiro atoms. The topological polar surface area (TPSA) is 38.8 Å². The van der Waals surface area contributed by atoms with Crippen molar-refractivity contribution in [3.8, 4) is 0 Å². The Morgan fingerprint density at radius 3 is 2.71 bits per heavy atom. The van der Waals surface area contributed by atoms with E-state index in [2.05, 4.69) is 11.8 Å². The van der Waals surface area contributed by atoms with E-state index in [1.165, 1.54) is 0 Å². The lowest BCUT2D eigenvalue weighted by atomic mass is 10.1. The van der Waals surface area contributed by atoms with E-state index in [0.29, 0.717) is 19.3 Å². The number of rotatable bonds is 3. The molecule has 1 aliphatic heterocycles. The molecule has 1 rings (SSSR count). The summed E-state index contributed by atoms with van der Waals surface area (Å²) in [5.41, 5.74) is -0.417. The number of carbonyl (C=O) groups is 1. The Balaban J connectivity index is 2.60. The van der Waals surface area contributed by atoms with Crippen LogP contribution in [0.3, 0.4) is 0 Å². The summed E-state index contributed by atoms with van der Waals surface area (Å²) in [6.07, 6.45) is 0.993. The average Bonchev–Trinajstić information content (AvgIpc) is 2.25. The second-order valence-corrected chi connectivity index (χ2v) is 5.58. The van der Waals surface area contributed by atoms with Gasteiger partial charge in [0.1, 0.15) is 11.6 Å². The Morgan fingerprint density at radius 1 is 1.53 bits per heavy atom. The van der Waals surface area contributed by atoms with Crippen molar-refractivity contribution in [3.63, 3.8) is 0 Å². The number of ether oxygens (including phenoxy) is 2. The highest BCUT2D eigenvalue weighted by molar-refractivity contribution is 5.75. The molecule has 1 aliphatic rings. The molecule has 0 aromatic carbocycles. The van der Waals surface area contributed by atoms with Crippen molar-refractivity contribution in [2.75, 3.05) is 19.8 Å². The van der Waals surface area contributed by atoms with Crippen molar-refractivity contribution in [2.24, 2.45) is 0 Å². The first kappa shape index (κ1) is 14.5. The first-order chi connectivity index (χ1) is 7.85. The van der Waals surface area contributed by atoms with Gasteiger partial charge in [0, 0.05) is 12.6 Å². The molecule has 1 fully saturated rings. The second-order valence-electron chi connectivity index (χ2n) is 5.58. The fraction of sp³-hybridized carbons (Fsp3) is 0.923. The minimum atomic E-state index is -0.417. The van der Waals surface area contributed by atoms with Crippen LogP contribution in [0.1, 0.15) is 41.0 Å². The highest BCUT2D eigenvalue weighted by Crippen LogP contribution is 2.17. The summed E-state index contributed by atoms with van der Waals surface area (Å²) in [7, 11) is 0. The predicted octanol–water partition coefficient (Wildman–Crippen LogP) is 1.83. The van der Waals surface area contributed by atoms with Gasteiger partial charge in [-0.15, -0.1) is 0 Å². The molecule has 4 nitrogen and oxygen atoms in total. The van der Waals surface area contributed by atoms with Gasteiger partial charge in [0.15, 0.2) is 0 Å². The second kappa shape index (κ2) is 5.83. The maximum absolute atomic E-state index is 12.0. The lowest BCUT2D eigenvalue weighted by Gasteiger charge is -2.38. The molecule has 0 saturated carbocycles. The average molecular weight is 243 g/mol. The van der Waals surface area contributed by atoms with Crippen LogP contribution in [0.5, 0.6) is 0 Å². The van der Waals surface area contributed by atoms with Crippen LogP contribution in [-0.2, 0) is 14.3 Å². The summed E-state index contributed by atoms with van der Waals surface area (Å²) in [6.45, 7) is 11.9. The summed E-state index contributed by atoms with van der Waals surface area (Å²) < 4.78 is 10.9. The lowest BCUT2D eigenvalue weighted by molar-refractivity contribution is -0.164. The zero-order valence-electron chi connectivity index (χ0n) is 11.7. The molecule has 2 unspecified atom stereocenters. The van der Waals surface area contributed by atoms with Crippen molar-refractivity contribution in [1.82, 2.24) is 4.90 Å². The van der Waals surface area contributed by atoms with Crippen LogP contribution in [0.25, 0.3) is 0 Å². The zero-order valence-corrected chi connectivity index (χ0v) is 11.7. The summed E-state index contributed by atoms with van der Waals surface area (Å²) in [6, 6.07) is 0.134. The van der Waals surface area contributed by atoms with Crippen LogP contribution in [0.2, 0.25) is 0 Å². The smallest absolute Gasteiger partial charge is 0.323 e. The molecule has 0 aliphatic carbocycles. The molecule has 1 saturated heterocycles. The van der Waals surface area contributed by atoms with Crippen molar-refractivity contribution in [2.45, 2.75) is 58.7 Å². The minimum Gasteiger partial charge on any atom is -0.459 e. The van der Waals surface area contributed by atoms with Gasteiger partial charge in [0.25, 0.3) is 0 Å². The molecular formula is C13H25NO3. The van der Waals surface area contributed by atoms with Gasteiger partial charge in [0.2, 0.25) is 0 Å². The Kier molecular flexibility index (Phi) is 4.95. The molecule has 0 amide bonds. The molecule has 0 radical (unpaired) electrons. The quantitative estimate of drug-likeness (QED) is 0.709. The van der Waals surface area contributed by atoms with Gasteiger partial charge in [-0.2, -0.15) is 0 Å². The van der Waals surface area contributed by atoms with E-state index in [1.54, 1.807) is 0 Å². The fourth-order valence-electron chi connectivity index (χ4n) is 2.05. The fourth-order valence-corrected chi connectivity index (χ4v) is 2.05. The first-order valence-corrected chi connectivity index (χ1v) is 6.41. The summed E-state index contributed by atoms with van der Waals surface area (Å²) in [5.74, 6) is -0.141. The van der Waals surface area contributed by atoms with E-state index >= 15 is 0 Å². The number of hydrogen-bond donors (Lipinski definition) is 0. The third-order valence-corrected chi connectivity index (χ3v) is 2.99. The molecule has 17 heavy (non-hydrogen) atoms. The van der Waals surface area contributed by atoms with Gasteiger partial charge < -0.3 is 9.47 Å². The number of morpholine rings is 1. The molecule has 1 heterocycles. The molecule has 4 heteroatoms. The Morgan fingerprint density at radius 2 is 2.18 bits per heavy atom. The summed E-state index contributed by atoms with van der Waals surface area (Å²) in [5, 5.41) is 0. The maximum atomic E-state index is 12.0. The van der Waals surface area contributed by atoms with E-state index in [-0.39, 0.29) is 12.0 Å². The van der Waals surface area contributed by atoms with E-state index in [1.807, 2.05) is 27.7 Å². The van der Waals surface area contributed by atoms with Gasteiger partial charge in [-0.1, -0.05) is 6.92 Å². The number of esters is 1. The monoisotopic (exact) mass is 243 g/mol. The minimum absolute atomic E-state index is 0.141. The molecule has 0 N–H and O–H groups in total. The van der Waals surface area contributed by atoms with Crippen molar-refractivity contribution >= 4 is 5.97 Å². The molecule has 0 bridgehead atoms. The molecule has 0 aromatic rings. The lowest BCUT2D eigenvalue weighted by Crippen LogP contribution is -2.53. The van der Waals surface area contributed by atoms with E-state index in [9.17, 15) is 4.79 Å². The molecular weight excluding hydrogens is 218 g/mol. The molecule has 100 valence electrons. The van der Waals surface area contributed by atoms with Crippen LogP contribution < -0.4 is 0 Å². The standard InChI is InChI=1S/C13H25NO3/c1-6-11-9-16-8-7-14(11)10(2)12(15)17-13(3,4)5/h10-11H,6-9H2,1-5H3. The number of carbonyl (C=O) groups excluding carboxylic acids is 1. The van der Waals surface area contributed by atoms with Gasteiger partial charge in [-0.25, -0.2) is 0 Å². The third kappa shape index (κ3) is 4.28. The van der Waals surface area contributed by atoms with Gasteiger partial charge in [0.05, 0.1) is 13.2 Å².